The Morgan fingerprint density at radius 2 is 1.94 bits per heavy atom. The summed E-state index contributed by atoms with van der Waals surface area (Å²) in [6.45, 7) is 4.35. The molecule has 7 nitrogen and oxygen atoms in total. The lowest BCUT2D eigenvalue weighted by molar-refractivity contribution is 0.0973. The fourth-order valence-corrected chi connectivity index (χ4v) is 5.09. The van der Waals surface area contributed by atoms with Crippen molar-refractivity contribution in [2.24, 2.45) is 18.2 Å². The van der Waals surface area contributed by atoms with Crippen molar-refractivity contribution >= 4 is 43.7 Å². The molecule has 3 aromatic rings. The number of piperidine rings is 1. The van der Waals surface area contributed by atoms with Crippen LogP contribution in [0.5, 0.6) is 0 Å². The van der Waals surface area contributed by atoms with E-state index in [-0.39, 0.29) is 51.2 Å². The minimum absolute atomic E-state index is 0. The molecule has 0 unspecified atom stereocenters. The molecular weight excluding hydrogens is 442 g/mol. The van der Waals surface area contributed by atoms with Gasteiger partial charge < -0.3 is 25.0 Å². The molecule has 2 aliphatic heterocycles. The summed E-state index contributed by atoms with van der Waals surface area (Å²) < 4.78 is 7.95. The Bertz CT molecular complexity index is 1080. The van der Waals surface area contributed by atoms with Gasteiger partial charge in [-0.05, 0) is 31.9 Å². The van der Waals surface area contributed by atoms with Crippen LogP contribution in [0.4, 0.5) is 5.82 Å². The van der Waals surface area contributed by atoms with Gasteiger partial charge in [0.2, 0.25) is 0 Å². The van der Waals surface area contributed by atoms with E-state index in [0.29, 0.717) is 5.69 Å². The second-order valence-corrected chi connectivity index (χ2v) is 8.72. The SMILES string of the molecule is C[C@@H]1OCC2(CCN(c3ncc(-c4cc5ccccc5n4C)nc3CO)CC2)[C@@H]1N.S.S. The number of nitrogens with two attached hydrogens (primary N) is 1. The van der Waals surface area contributed by atoms with Crippen molar-refractivity contribution in [2.45, 2.75) is 38.5 Å². The predicted molar refractivity (Wildman–Crippen MR) is 138 cm³/mol. The van der Waals surface area contributed by atoms with E-state index in [1.54, 1.807) is 0 Å². The predicted octanol–water partition coefficient (Wildman–Crippen LogP) is 2.69. The van der Waals surface area contributed by atoms with E-state index in [1.165, 1.54) is 0 Å². The first-order chi connectivity index (χ1) is 14.5. The molecule has 4 heterocycles. The van der Waals surface area contributed by atoms with Crippen molar-refractivity contribution < 1.29 is 9.84 Å². The molecule has 0 bridgehead atoms. The number of nitrogens with zero attached hydrogens (tertiary/aromatic N) is 4. The van der Waals surface area contributed by atoms with Crippen LogP contribution in [0.2, 0.25) is 0 Å². The number of aromatic nitrogens is 3. The van der Waals surface area contributed by atoms with Gasteiger partial charge in [-0.15, -0.1) is 0 Å². The highest BCUT2D eigenvalue weighted by Crippen LogP contribution is 2.42. The fourth-order valence-electron chi connectivity index (χ4n) is 5.09. The fraction of sp³-hybridized carbons (Fsp3) is 0.478. The molecule has 2 aliphatic rings. The number of benzene rings is 1. The Morgan fingerprint density at radius 3 is 2.56 bits per heavy atom. The molecule has 0 amide bonds. The third-order valence-electron chi connectivity index (χ3n) is 7.09. The molecule has 32 heavy (non-hydrogen) atoms. The highest BCUT2D eigenvalue weighted by atomic mass is 32.1. The molecule has 0 aliphatic carbocycles. The monoisotopic (exact) mass is 475 g/mol. The zero-order valence-electron chi connectivity index (χ0n) is 18.6. The number of rotatable bonds is 3. The van der Waals surface area contributed by atoms with Crippen molar-refractivity contribution in [2.75, 3.05) is 24.6 Å². The highest BCUT2D eigenvalue weighted by Gasteiger charge is 2.47. The van der Waals surface area contributed by atoms with Crippen LogP contribution in [0, 0.1) is 5.41 Å². The van der Waals surface area contributed by atoms with E-state index in [2.05, 4.69) is 34.6 Å². The zero-order valence-corrected chi connectivity index (χ0v) is 20.6. The molecule has 2 saturated heterocycles. The van der Waals surface area contributed by atoms with Crippen molar-refractivity contribution in [3.8, 4) is 11.4 Å². The second-order valence-electron chi connectivity index (χ2n) is 8.72. The zero-order chi connectivity index (χ0) is 20.9. The lowest BCUT2D eigenvalue weighted by atomic mass is 9.73. The topological polar surface area (TPSA) is 89.4 Å². The van der Waals surface area contributed by atoms with E-state index in [4.69, 9.17) is 20.4 Å². The average molecular weight is 476 g/mol. The highest BCUT2D eigenvalue weighted by molar-refractivity contribution is 7.59. The molecule has 3 N–H and O–H groups in total. The summed E-state index contributed by atoms with van der Waals surface area (Å²) in [6.07, 6.45) is 3.87. The third kappa shape index (κ3) is 4.01. The summed E-state index contributed by atoms with van der Waals surface area (Å²) >= 11 is 0. The van der Waals surface area contributed by atoms with Crippen LogP contribution in [0.1, 0.15) is 25.5 Å². The maximum Gasteiger partial charge on any atom is 0.152 e. The lowest BCUT2D eigenvalue weighted by Gasteiger charge is -2.41. The minimum atomic E-state index is -0.137. The number of hydrogen-bond donors (Lipinski definition) is 2. The summed E-state index contributed by atoms with van der Waals surface area (Å²) in [6, 6.07) is 10.5. The molecule has 1 spiro atoms. The van der Waals surface area contributed by atoms with Gasteiger partial charge in [0.25, 0.3) is 0 Å². The number of aliphatic hydroxyl groups excluding tert-OH is 1. The molecular formula is C23H33N5O2S2. The number of aryl methyl sites for hydroxylation is 1. The third-order valence-corrected chi connectivity index (χ3v) is 7.09. The molecule has 2 atom stereocenters. The molecule has 5 rings (SSSR count). The van der Waals surface area contributed by atoms with Gasteiger partial charge in [0, 0.05) is 42.5 Å². The molecule has 174 valence electrons. The largest absolute Gasteiger partial charge is 0.390 e. The van der Waals surface area contributed by atoms with E-state index < -0.39 is 0 Å². The Morgan fingerprint density at radius 1 is 1.22 bits per heavy atom. The van der Waals surface area contributed by atoms with Crippen molar-refractivity contribution in [3.63, 3.8) is 0 Å². The van der Waals surface area contributed by atoms with Gasteiger partial charge in [-0.1, -0.05) is 18.2 Å². The standard InChI is InChI=1S/C23H29N5O2.2H2S/c1-15-21(24)23(14-30-15)7-9-28(10-8-23)22-18(13-29)26-17(12-25-22)20-11-16-5-3-4-6-19(16)27(20)2;;/h3-6,11-12,15,21,29H,7-10,13-14,24H2,1-2H3;2*1H2/t15-,21+;;/m0../s1. The number of aliphatic hydroxyl groups is 1. The van der Waals surface area contributed by atoms with E-state index in [9.17, 15) is 5.11 Å². The summed E-state index contributed by atoms with van der Waals surface area (Å²) in [7, 11) is 2.03. The van der Waals surface area contributed by atoms with Gasteiger partial charge in [0.05, 0.1) is 31.2 Å². The summed E-state index contributed by atoms with van der Waals surface area (Å²) in [5.74, 6) is 0.774. The van der Waals surface area contributed by atoms with Crippen LogP contribution in [0.25, 0.3) is 22.3 Å². The normalized spacial score (nSPS) is 22.1. The van der Waals surface area contributed by atoms with Gasteiger partial charge in [-0.2, -0.15) is 27.0 Å². The van der Waals surface area contributed by atoms with Gasteiger partial charge >= 0.3 is 0 Å². The van der Waals surface area contributed by atoms with Gasteiger partial charge in [-0.3, -0.25) is 0 Å². The lowest BCUT2D eigenvalue weighted by Crippen LogP contribution is -2.51. The van der Waals surface area contributed by atoms with Crippen LogP contribution in [-0.2, 0) is 18.4 Å². The molecule has 9 heteroatoms. The Hall–Kier alpha value is -1.78. The van der Waals surface area contributed by atoms with Crippen LogP contribution >= 0.6 is 27.0 Å². The first-order valence-corrected chi connectivity index (χ1v) is 10.7. The van der Waals surface area contributed by atoms with Crippen molar-refractivity contribution in [3.05, 3.63) is 42.2 Å². The smallest absolute Gasteiger partial charge is 0.152 e. The van der Waals surface area contributed by atoms with Crippen molar-refractivity contribution in [1.82, 2.24) is 14.5 Å². The molecule has 1 aromatic carbocycles. The molecule has 0 radical (unpaired) electrons. The maximum atomic E-state index is 10.0. The number of anilines is 1. The van der Waals surface area contributed by atoms with Crippen LogP contribution in [-0.4, -0.2) is 51.5 Å². The first-order valence-electron chi connectivity index (χ1n) is 10.7. The Balaban J connectivity index is 0.00000144. The van der Waals surface area contributed by atoms with E-state index in [0.717, 1.165) is 60.6 Å². The minimum Gasteiger partial charge on any atom is -0.390 e. The summed E-state index contributed by atoms with van der Waals surface area (Å²) in [5, 5.41) is 11.2. The molecule has 0 saturated carbocycles. The maximum absolute atomic E-state index is 10.0. The van der Waals surface area contributed by atoms with E-state index in [1.807, 2.05) is 25.4 Å². The van der Waals surface area contributed by atoms with Gasteiger partial charge in [0.15, 0.2) is 5.82 Å². The Kier molecular flexibility index (Phi) is 7.46. The second kappa shape index (κ2) is 9.61. The van der Waals surface area contributed by atoms with Crippen LogP contribution in [0.15, 0.2) is 36.5 Å². The number of fused-ring (bicyclic) bond motifs is 1. The quantitative estimate of drug-likeness (QED) is 0.605. The van der Waals surface area contributed by atoms with Crippen LogP contribution in [0.3, 0.4) is 0 Å². The summed E-state index contributed by atoms with van der Waals surface area (Å²) in [4.78, 5) is 11.7. The number of ether oxygens (including phenoxy) is 1. The van der Waals surface area contributed by atoms with Gasteiger partial charge in [0.1, 0.15) is 11.4 Å². The van der Waals surface area contributed by atoms with E-state index >= 15 is 0 Å². The number of para-hydroxylation sites is 1. The average Bonchev–Trinajstić information content (AvgIpc) is 3.26. The van der Waals surface area contributed by atoms with Gasteiger partial charge in [-0.25, -0.2) is 9.97 Å². The molecule has 2 aromatic heterocycles. The van der Waals surface area contributed by atoms with Crippen LogP contribution < -0.4 is 10.6 Å². The first kappa shape index (κ1) is 24.9. The molecule has 2 fully saturated rings. The van der Waals surface area contributed by atoms with Crippen molar-refractivity contribution in [1.29, 1.82) is 0 Å². The summed E-state index contributed by atoms with van der Waals surface area (Å²) in [5.41, 5.74) is 10.0. The Labute approximate surface area is 202 Å². The number of hydrogen-bond acceptors (Lipinski definition) is 6.